The number of rotatable bonds is 3. The smallest absolute Gasteiger partial charge is 0.411 e. The molecule has 0 N–H and O–H groups in total. The largest absolute Gasteiger partial charge is 1.00 e. The maximum Gasteiger partial charge on any atom is 1.00 e. The molecule has 0 fully saturated rings. The van der Waals surface area contributed by atoms with Gasteiger partial charge >= 0.3 is 29.6 Å². The number of nitrogens with zero attached hydrogens (tertiary/aromatic N) is 2. The Hall–Kier alpha value is 0.580. The number of carbonyl (C=O) groups is 1. The zero-order valence-corrected chi connectivity index (χ0v) is 13.2. The van der Waals surface area contributed by atoms with Gasteiger partial charge in [0.1, 0.15) is 0 Å². The van der Waals surface area contributed by atoms with E-state index in [4.69, 9.17) is 24.8 Å². The van der Waals surface area contributed by atoms with Crippen LogP contribution in [0.15, 0.2) is 0 Å². The second-order valence-electron chi connectivity index (χ2n) is 2.51. The standard InChI is InChI=1S/C5H11NS2.C3H7NO.Na/c1-3-6(4-2)5(7)8;1-4(2)3-5;/h3-4H2,1-2H3,(H,7,8);3H,1-2H3;/q;;+1/p-1. The van der Waals surface area contributed by atoms with E-state index in [1.807, 2.05) is 18.7 Å². The molecule has 14 heavy (non-hydrogen) atoms. The van der Waals surface area contributed by atoms with E-state index >= 15 is 0 Å². The van der Waals surface area contributed by atoms with Crippen LogP contribution in [0.1, 0.15) is 13.8 Å². The Morgan fingerprint density at radius 3 is 1.64 bits per heavy atom. The molecule has 0 bridgehead atoms. The molecule has 0 saturated carbocycles. The van der Waals surface area contributed by atoms with Crippen LogP contribution in [-0.4, -0.2) is 47.7 Å². The van der Waals surface area contributed by atoms with Crippen LogP contribution in [0.4, 0.5) is 0 Å². The van der Waals surface area contributed by atoms with Crippen molar-refractivity contribution >= 4 is 35.6 Å². The molecule has 0 aliphatic heterocycles. The van der Waals surface area contributed by atoms with Crippen LogP contribution >= 0.6 is 12.2 Å². The second-order valence-corrected chi connectivity index (χ2v) is 3.54. The summed E-state index contributed by atoms with van der Waals surface area (Å²) in [4.78, 5) is 12.8. The van der Waals surface area contributed by atoms with Gasteiger partial charge in [-0.2, -0.15) is 0 Å². The van der Waals surface area contributed by atoms with Gasteiger partial charge in [-0.25, -0.2) is 0 Å². The quantitative estimate of drug-likeness (QED) is 0.245. The number of hydrogen-bond acceptors (Lipinski definition) is 3. The van der Waals surface area contributed by atoms with Crippen molar-refractivity contribution in [2.75, 3.05) is 27.2 Å². The van der Waals surface area contributed by atoms with E-state index in [2.05, 4.69) is 0 Å². The summed E-state index contributed by atoms with van der Waals surface area (Å²) in [6, 6.07) is 0. The Morgan fingerprint density at radius 1 is 1.36 bits per heavy atom. The van der Waals surface area contributed by atoms with Gasteiger partial charge in [0.15, 0.2) is 0 Å². The third kappa shape index (κ3) is 15.1. The van der Waals surface area contributed by atoms with Crippen molar-refractivity contribution < 1.29 is 34.4 Å². The van der Waals surface area contributed by atoms with Crippen molar-refractivity contribution in [2.45, 2.75) is 13.8 Å². The maximum atomic E-state index is 9.43. The zero-order chi connectivity index (χ0) is 10.9. The minimum absolute atomic E-state index is 0. The average Bonchev–Trinajstić information content (AvgIpc) is 2.07. The first-order valence-corrected chi connectivity index (χ1v) is 4.88. The molecule has 0 aliphatic carbocycles. The Bertz CT molecular complexity index is 152. The molecule has 0 aromatic rings. The van der Waals surface area contributed by atoms with Crippen LogP contribution in [0.25, 0.3) is 0 Å². The van der Waals surface area contributed by atoms with Gasteiger partial charge in [0.05, 0.1) is 0 Å². The van der Waals surface area contributed by atoms with E-state index in [0.29, 0.717) is 4.32 Å². The van der Waals surface area contributed by atoms with Crippen LogP contribution in [-0.2, 0) is 17.4 Å². The van der Waals surface area contributed by atoms with E-state index in [1.54, 1.807) is 14.1 Å². The summed E-state index contributed by atoms with van der Waals surface area (Å²) < 4.78 is 0.579. The minimum Gasteiger partial charge on any atom is -0.411 e. The molecule has 0 aliphatic rings. The topological polar surface area (TPSA) is 23.6 Å². The molecule has 0 atom stereocenters. The fourth-order valence-electron chi connectivity index (χ4n) is 0.482. The van der Waals surface area contributed by atoms with Gasteiger partial charge in [-0.1, -0.05) is 4.32 Å². The monoisotopic (exact) mass is 244 g/mol. The van der Waals surface area contributed by atoms with Crippen LogP contribution in [0.5, 0.6) is 0 Å². The first-order valence-electron chi connectivity index (χ1n) is 4.07. The van der Waals surface area contributed by atoms with Crippen molar-refractivity contribution in [1.82, 2.24) is 9.80 Å². The number of amides is 1. The van der Waals surface area contributed by atoms with Crippen molar-refractivity contribution in [3.63, 3.8) is 0 Å². The predicted molar refractivity (Wildman–Crippen MR) is 62.6 cm³/mol. The normalized spacial score (nSPS) is 7.43. The molecule has 6 heteroatoms. The number of thiocarbonyl (C=S) groups is 1. The Balaban J connectivity index is -0.000000177. The Kier molecular flexibility index (Phi) is 19.4. The first kappa shape index (κ1) is 20.1. The molecule has 0 spiro atoms. The van der Waals surface area contributed by atoms with Gasteiger partial charge in [0, 0.05) is 27.2 Å². The van der Waals surface area contributed by atoms with Crippen LogP contribution < -0.4 is 29.6 Å². The predicted octanol–water partition coefficient (Wildman–Crippen LogP) is -2.13. The third-order valence-corrected chi connectivity index (χ3v) is 1.75. The van der Waals surface area contributed by atoms with E-state index in [1.165, 1.54) is 4.90 Å². The van der Waals surface area contributed by atoms with Gasteiger partial charge in [-0.05, 0) is 13.8 Å². The van der Waals surface area contributed by atoms with Crippen molar-refractivity contribution in [3.05, 3.63) is 0 Å². The van der Waals surface area contributed by atoms with Crippen molar-refractivity contribution in [3.8, 4) is 0 Å². The van der Waals surface area contributed by atoms with Gasteiger partial charge < -0.3 is 34.6 Å². The maximum absolute atomic E-state index is 9.43. The SMILES string of the molecule is CCN(CC)C(=S)[S-].CN(C)C=O.[Na+]. The number of carbonyl (C=O) groups excluding carboxylic acids is 1. The molecule has 0 unspecified atom stereocenters. The Labute approximate surface area is 120 Å². The van der Waals surface area contributed by atoms with E-state index < -0.39 is 0 Å². The molecule has 0 radical (unpaired) electrons. The summed E-state index contributed by atoms with van der Waals surface area (Å²) in [5, 5.41) is 0. The summed E-state index contributed by atoms with van der Waals surface area (Å²) in [5.74, 6) is 0. The fraction of sp³-hybridized carbons (Fsp3) is 0.750. The van der Waals surface area contributed by atoms with Gasteiger partial charge in [0.25, 0.3) is 0 Å². The molecular weight excluding hydrogens is 227 g/mol. The third-order valence-electron chi connectivity index (χ3n) is 1.23. The van der Waals surface area contributed by atoms with Gasteiger partial charge in [-0.3, -0.25) is 4.79 Å². The molecule has 3 nitrogen and oxygen atoms in total. The van der Waals surface area contributed by atoms with E-state index in [9.17, 15) is 4.79 Å². The second kappa shape index (κ2) is 13.6. The molecule has 0 aromatic carbocycles. The van der Waals surface area contributed by atoms with Crippen molar-refractivity contribution in [1.29, 1.82) is 0 Å². The molecule has 0 saturated heterocycles. The molecule has 0 rings (SSSR count). The Morgan fingerprint density at radius 2 is 1.64 bits per heavy atom. The molecule has 1 amide bonds. The summed E-state index contributed by atoms with van der Waals surface area (Å²) in [6.45, 7) is 5.95. The summed E-state index contributed by atoms with van der Waals surface area (Å²) in [5.41, 5.74) is 0. The van der Waals surface area contributed by atoms with Crippen LogP contribution in [0.3, 0.4) is 0 Å². The van der Waals surface area contributed by atoms with E-state index in [0.717, 1.165) is 19.5 Å². The van der Waals surface area contributed by atoms with Crippen LogP contribution in [0, 0.1) is 0 Å². The summed E-state index contributed by atoms with van der Waals surface area (Å²) >= 11 is 9.51. The van der Waals surface area contributed by atoms with Gasteiger partial charge in [-0.15, -0.1) is 0 Å². The summed E-state index contributed by atoms with van der Waals surface area (Å²) in [7, 11) is 3.38. The molecular formula is C8H17N2NaOS2. The minimum atomic E-state index is 0. The van der Waals surface area contributed by atoms with Crippen LogP contribution in [0.2, 0.25) is 0 Å². The van der Waals surface area contributed by atoms with E-state index in [-0.39, 0.29) is 29.6 Å². The molecule has 0 heterocycles. The zero-order valence-electron chi connectivity index (χ0n) is 9.61. The van der Waals surface area contributed by atoms with Gasteiger partial charge in [0.2, 0.25) is 6.41 Å². The summed E-state index contributed by atoms with van der Waals surface area (Å²) in [6.07, 6.45) is 0.750. The fourth-order valence-corrected chi connectivity index (χ4v) is 0.998. The first-order chi connectivity index (χ1) is 5.99. The average molecular weight is 244 g/mol. The van der Waals surface area contributed by atoms with Crippen molar-refractivity contribution in [2.24, 2.45) is 0 Å². The molecule has 0 aromatic heterocycles. The number of hydrogen-bond donors (Lipinski definition) is 0. The molecule has 78 valence electrons.